The van der Waals surface area contributed by atoms with Gasteiger partial charge in [0.15, 0.2) is 0 Å². The lowest BCUT2D eigenvalue weighted by molar-refractivity contribution is 1.04. The molecule has 1 rings (SSSR count). The summed E-state index contributed by atoms with van der Waals surface area (Å²) in [7, 11) is 0. The Morgan fingerprint density at radius 1 is 1.42 bits per heavy atom. The number of hydrogen-bond acceptors (Lipinski definition) is 1. The van der Waals surface area contributed by atoms with Gasteiger partial charge in [0.2, 0.25) is 0 Å². The SMILES string of the molecule is C#CC(C)Nc1ccc(Cl)cc1. The molecule has 0 saturated carbocycles. The fraction of sp³-hybridized carbons (Fsp3) is 0.200. The van der Waals surface area contributed by atoms with Gasteiger partial charge in [-0.3, -0.25) is 0 Å². The van der Waals surface area contributed by atoms with E-state index < -0.39 is 0 Å². The van der Waals surface area contributed by atoms with E-state index in [2.05, 4.69) is 11.2 Å². The summed E-state index contributed by atoms with van der Waals surface area (Å²) in [6.45, 7) is 1.93. The molecule has 1 atom stereocenters. The van der Waals surface area contributed by atoms with Crippen LogP contribution in [0.25, 0.3) is 0 Å². The third-order valence-electron chi connectivity index (χ3n) is 1.48. The van der Waals surface area contributed by atoms with Crippen molar-refractivity contribution < 1.29 is 0 Å². The maximum Gasteiger partial charge on any atom is 0.0845 e. The Bertz CT molecular complexity index is 284. The summed E-state index contributed by atoms with van der Waals surface area (Å²) in [4.78, 5) is 0. The molecule has 0 aliphatic carbocycles. The second-order valence-electron chi connectivity index (χ2n) is 2.54. The van der Waals surface area contributed by atoms with Crippen molar-refractivity contribution in [2.24, 2.45) is 0 Å². The summed E-state index contributed by atoms with van der Waals surface area (Å²) in [5, 5.41) is 3.85. The predicted octanol–water partition coefficient (Wildman–Crippen LogP) is 2.77. The maximum atomic E-state index is 5.71. The Morgan fingerprint density at radius 3 is 2.50 bits per heavy atom. The zero-order valence-electron chi connectivity index (χ0n) is 6.84. The van der Waals surface area contributed by atoms with Crippen LogP contribution >= 0.6 is 11.6 Å². The minimum atomic E-state index is 0.0474. The Balaban J connectivity index is 2.66. The number of hydrogen-bond donors (Lipinski definition) is 1. The zero-order chi connectivity index (χ0) is 8.97. The quantitative estimate of drug-likeness (QED) is 0.689. The fourth-order valence-electron chi connectivity index (χ4n) is 0.838. The van der Waals surface area contributed by atoms with Gasteiger partial charge < -0.3 is 5.32 Å². The summed E-state index contributed by atoms with van der Waals surface area (Å²) in [5.41, 5.74) is 0.991. The second kappa shape index (κ2) is 4.04. The summed E-state index contributed by atoms with van der Waals surface area (Å²) in [6.07, 6.45) is 5.21. The highest BCUT2D eigenvalue weighted by atomic mass is 35.5. The first kappa shape index (κ1) is 8.96. The highest BCUT2D eigenvalue weighted by Crippen LogP contribution is 2.13. The van der Waals surface area contributed by atoms with Gasteiger partial charge in [-0.2, -0.15) is 0 Å². The van der Waals surface area contributed by atoms with Crippen molar-refractivity contribution in [3.8, 4) is 12.3 Å². The summed E-state index contributed by atoms with van der Waals surface area (Å²) >= 11 is 5.71. The second-order valence-corrected chi connectivity index (χ2v) is 2.98. The van der Waals surface area contributed by atoms with Crippen LogP contribution in [0.5, 0.6) is 0 Å². The van der Waals surface area contributed by atoms with E-state index in [1.807, 2.05) is 31.2 Å². The fourth-order valence-corrected chi connectivity index (χ4v) is 0.964. The van der Waals surface area contributed by atoms with Crippen molar-refractivity contribution in [2.75, 3.05) is 5.32 Å². The molecule has 1 aromatic rings. The summed E-state index contributed by atoms with van der Waals surface area (Å²) in [6, 6.07) is 7.50. The van der Waals surface area contributed by atoms with Crippen molar-refractivity contribution in [3.63, 3.8) is 0 Å². The average molecular weight is 180 g/mol. The summed E-state index contributed by atoms with van der Waals surface area (Å²) < 4.78 is 0. The van der Waals surface area contributed by atoms with Crippen LogP contribution < -0.4 is 5.32 Å². The van der Waals surface area contributed by atoms with Gasteiger partial charge in [-0.15, -0.1) is 6.42 Å². The van der Waals surface area contributed by atoms with Gasteiger partial charge in [0.1, 0.15) is 0 Å². The van der Waals surface area contributed by atoms with Crippen LogP contribution in [0.4, 0.5) is 5.69 Å². The number of nitrogens with one attached hydrogen (secondary N) is 1. The van der Waals surface area contributed by atoms with E-state index in [0.717, 1.165) is 10.7 Å². The van der Waals surface area contributed by atoms with E-state index in [9.17, 15) is 0 Å². The zero-order valence-corrected chi connectivity index (χ0v) is 7.60. The number of benzene rings is 1. The van der Waals surface area contributed by atoms with Crippen molar-refractivity contribution in [3.05, 3.63) is 29.3 Å². The molecule has 0 aliphatic rings. The van der Waals surface area contributed by atoms with Crippen LogP contribution in [0.2, 0.25) is 5.02 Å². The normalized spacial score (nSPS) is 11.8. The molecule has 1 nitrogen and oxygen atoms in total. The molecule has 1 N–H and O–H groups in total. The first-order chi connectivity index (χ1) is 5.72. The van der Waals surface area contributed by atoms with Crippen molar-refractivity contribution in [1.82, 2.24) is 0 Å². The Labute approximate surface area is 77.7 Å². The number of halogens is 1. The van der Waals surface area contributed by atoms with Gasteiger partial charge >= 0.3 is 0 Å². The van der Waals surface area contributed by atoms with E-state index in [-0.39, 0.29) is 6.04 Å². The van der Waals surface area contributed by atoms with Gasteiger partial charge in [-0.25, -0.2) is 0 Å². The molecule has 0 bridgehead atoms. The molecule has 0 fully saturated rings. The Hall–Kier alpha value is -1.13. The van der Waals surface area contributed by atoms with Crippen LogP contribution in [-0.2, 0) is 0 Å². The number of rotatable bonds is 2. The van der Waals surface area contributed by atoms with Crippen LogP contribution in [0.15, 0.2) is 24.3 Å². The van der Waals surface area contributed by atoms with E-state index in [1.54, 1.807) is 0 Å². The Morgan fingerprint density at radius 2 is 2.00 bits per heavy atom. The topological polar surface area (TPSA) is 12.0 Å². The highest BCUT2D eigenvalue weighted by molar-refractivity contribution is 6.30. The van der Waals surface area contributed by atoms with Crippen LogP contribution in [0.3, 0.4) is 0 Å². The van der Waals surface area contributed by atoms with Crippen molar-refractivity contribution in [2.45, 2.75) is 13.0 Å². The average Bonchev–Trinajstić information content (AvgIpc) is 2.09. The Kier molecular flexibility index (Phi) is 3.01. The van der Waals surface area contributed by atoms with Crippen LogP contribution in [0.1, 0.15) is 6.92 Å². The molecule has 1 aromatic carbocycles. The predicted molar refractivity (Wildman–Crippen MR) is 53.4 cm³/mol. The van der Waals surface area contributed by atoms with Crippen molar-refractivity contribution in [1.29, 1.82) is 0 Å². The molecular weight excluding hydrogens is 170 g/mol. The van der Waals surface area contributed by atoms with Gasteiger partial charge in [0.25, 0.3) is 0 Å². The van der Waals surface area contributed by atoms with Gasteiger partial charge in [0, 0.05) is 10.7 Å². The largest absolute Gasteiger partial charge is 0.372 e. The molecule has 0 saturated heterocycles. The van der Waals surface area contributed by atoms with E-state index in [4.69, 9.17) is 18.0 Å². The van der Waals surface area contributed by atoms with E-state index in [0.29, 0.717) is 0 Å². The highest BCUT2D eigenvalue weighted by Gasteiger charge is 1.95. The standard InChI is InChI=1S/C10H10ClN/c1-3-8(2)12-10-6-4-9(11)5-7-10/h1,4-8,12H,2H3. The molecule has 0 radical (unpaired) electrons. The lowest BCUT2D eigenvalue weighted by Gasteiger charge is -2.08. The third kappa shape index (κ3) is 2.48. The van der Waals surface area contributed by atoms with Crippen LogP contribution in [-0.4, -0.2) is 6.04 Å². The summed E-state index contributed by atoms with van der Waals surface area (Å²) in [5.74, 6) is 2.58. The molecular formula is C10H10ClN. The molecule has 0 spiro atoms. The molecule has 1 unspecified atom stereocenters. The molecule has 12 heavy (non-hydrogen) atoms. The molecule has 0 aromatic heterocycles. The minimum Gasteiger partial charge on any atom is -0.372 e. The smallest absolute Gasteiger partial charge is 0.0845 e. The molecule has 0 heterocycles. The van der Waals surface area contributed by atoms with Gasteiger partial charge in [-0.1, -0.05) is 17.5 Å². The molecule has 2 heteroatoms. The lowest BCUT2D eigenvalue weighted by Crippen LogP contribution is -2.11. The van der Waals surface area contributed by atoms with E-state index >= 15 is 0 Å². The minimum absolute atomic E-state index is 0.0474. The third-order valence-corrected chi connectivity index (χ3v) is 1.73. The number of anilines is 1. The number of terminal acetylenes is 1. The van der Waals surface area contributed by atoms with Gasteiger partial charge in [0.05, 0.1) is 6.04 Å². The molecule has 0 aliphatic heterocycles. The maximum absolute atomic E-state index is 5.71. The van der Waals surface area contributed by atoms with Crippen LogP contribution in [0, 0.1) is 12.3 Å². The van der Waals surface area contributed by atoms with Gasteiger partial charge in [-0.05, 0) is 31.2 Å². The van der Waals surface area contributed by atoms with Crippen molar-refractivity contribution >= 4 is 17.3 Å². The first-order valence-electron chi connectivity index (χ1n) is 3.70. The monoisotopic (exact) mass is 179 g/mol. The van der Waals surface area contributed by atoms with E-state index in [1.165, 1.54) is 0 Å². The first-order valence-corrected chi connectivity index (χ1v) is 4.08. The molecule has 0 amide bonds. The molecule has 62 valence electrons. The lowest BCUT2D eigenvalue weighted by atomic mass is 10.3.